The van der Waals surface area contributed by atoms with Crippen LogP contribution < -0.4 is 15.4 Å². The zero-order valence-corrected chi connectivity index (χ0v) is 18.6. The molecule has 1 saturated heterocycles. The van der Waals surface area contributed by atoms with Gasteiger partial charge >= 0.3 is 0 Å². The van der Waals surface area contributed by atoms with Crippen molar-refractivity contribution in [2.75, 3.05) is 39.8 Å². The molecule has 8 heteroatoms. The number of nitrogens with one attached hydrogen (secondary N) is 2. The molecule has 0 bridgehead atoms. The molecule has 27 heavy (non-hydrogen) atoms. The smallest absolute Gasteiger partial charge is 0.191 e. The van der Waals surface area contributed by atoms with Crippen LogP contribution >= 0.6 is 24.0 Å². The first-order valence-electron chi connectivity index (χ1n) is 9.25. The summed E-state index contributed by atoms with van der Waals surface area (Å²) in [6.07, 6.45) is 2.19. The van der Waals surface area contributed by atoms with Crippen molar-refractivity contribution >= 4 is 29.9 Å². The Hall–Kier alpha value is -1.16. The van der Waals surface area contributed by atoms with Crippen LogP contribution in [0.25, 0.3) is 0 Å². The Kier molecular flexibility index (Phi) is 10.9. The summed E-state index contributed by atoms with van der Waals surface area (Å²) >= 11 is 0. The van der Waals surface area contributed by atoms with E-state index in [2.05, 4.69) is 34.4 Å². The first kappa shape index (κ1) is 23.9. The van der Waals surface area contributed by atoms with Crippen LogP contribution in [0.5, 0.6) is 5.75 Å². The van der Waals surface area contributed by atoms with Crippen molar-refractivity contribution in [1.82, 2.24) is 15.5 Å². The van der Waals surface area contributed by atoms with Gasteiger partial charge in [-0.05, 0) is 30.9 Å². The Balaban J connectivity index is 0.00000364. The van der Waals surface area contributed by atoms with E-state index in [-0.39, 0.29) is 24.0 Å². The minimum absolute atomic E-state index is 0. The van der Waals surface area contributed by atoms with Crippen LogP contribution in [0.3, 0.4) is 0 Å². The van der Waals surface area contributed by atoms with Crippen LogP contribution in [0, 0.1) is 17.6 Å². The minimum atomic E-state index is -0.906. The van der Waals surface area contributed by atoms with E-state index in [0.29, 0.717) is 30.9 Å². The lowest BCUT2D eigenvalue weighted by molar-refractivity contribution is 0.186. The first-order chi connectivity index (χ1) is 12.5. The lowest BCUT2D eigenvalue weighted by Crippen LogP contribution is -2.49. The van der Waals surface area contributed by atoms with Crippen LogP contribution in [-0.4, -0.2) is 56.7 Å². The van der Waals surface area contributed by atoms with E-state index in [1.165, 1.54) is 6.07 Å². The highest BCUT2D eigenvalue weighted by Crippen LogP contribution is 2.15. The maximum absolute atomic E-state index is 13.1. The number of aliphatic imine (C=N–C) groups is 1. The predicted molar refractivity (Wildman–Crippen MR) is 116 cm³/mol. The first-order valence-corrected chi connectivity index (χ1v) is 9.25. The third kappa shape index (κ3) is 8.59. The van der Waals surface area contributed by atoms with Crippen molar-refractivity contribution in [3.63, 3.8) is 0 Å². The van der Waals surface area contributed by atoms with Crippen molar-refractivity contribution in [1.29, 1.82) is 0 Å². The second-order valence-electron chi connectivity index (χ2n) is 7.04. The molecule has 2 rings (SSSR count). The molecule has 0 amide bonds. The van der Waals surface area contributed by atoms with Gasteiger partial charge in [0.05, 0.1) is 6.54 Å². The van der Waals surface area contributed by atoms with Crippen molar-refractivity contribution < 1.29 is 13.5 Å². The van der Waals surface area contributed by atoms with E-state index in [1.807, 2.05) is 0 Å². The highest BCUT2D eigenvalue weighted by molar-refractivity contribution is 14.0. The van der Waals surface area contributed by atoms with Crippen molar-refractivity contribution in [3.8, 4) is 5.75 Å². The van der Waals surface area contributed by atoms with Crippen LogP contribution in [0.15, 0.2) is 23.2 Å². The maximum atomic E-state index is 13.1. The van der Waals surface area contributed by atoms with Gasteiger partial charge in [-0.15, -0.1) is 24.0 Å². The monoisotopic (exact) mass is 496 g/mol. The van der Waals surface area contributed by atoms with E-state index in [1.54, 1.807) is 7.05 Å². The summed E-state index contributed by atoms with van der Waals surface area (Å²) in [6.45, 7) is 8.71. The fourth-order valence-electron chi connectivity index (χ4n) is 3.07. The number of likely N-dealkylation sites (tertiary alicyclic amines) is 1. The van der Waals surface area contributed by atoms with Gasteiger partial charge in [-0.2, -0.15) is 0 Å². The molecular weight excluding hydrogens is 465 g/mol. The van der Waals surface area contributed by atoms with E-state index >= 15 is 0 Å². The Bertz CT molecular complexity index is 593. The van der Waals surface area contributed by atoms with Gasteiger partial charge in [0.15, 0.2) is 17.6 Å². The maximum Gasteiger partial charge on any atom is 0.191 e. The lowest BCUT2D eigenvalue weighted by atomic mass is 10.0. The van der Waals surface area contributed by atoms with Gasteiger partial charge in [-0.3, -0.25) is 4.99 Å². The Morgan fingerprint density at radius 2 is 1.96 bits per heavy atom. The van der Waals surface area contributed by atoms with Gasteiger partial charge in [0, 0.05) is 38.8 Å². The molecule has 1 aromatic rings. The van der Waals surface area contributed by atoms with Gasteiger partial charge in [0.25, 0.3) is 0 Å². The van der Waals surface area contributed by atoms with Gasteiger partial charge in [-0.25, -0.2) is 8.78 Å². The zero-order chi connectivity index (χ0) is 18.9. The van der Waals surface area contributed by atoms with Crippen LogP contribution in [0.1, 0.15) is 26.7 Å². The molecule has 1 aliphatic heterocycles. The molecule has 154 valence electrons. The van der Waals surface area contributed by atoms with Gasteiger partial charge in [-0.1, -0.05) is 13.8 Å². The highest BCUT2D eigenvalue weighted by atomic mass is 127. The summed E-state index contributed by atoms with van der Waals surface area (Å²) in [5, 5.41) is 6.63. The number of hydrogen-bond donors (Lipinski definition) is 2. The van der Waals surface area contributed by atoms with Crippen LogP contribution in [-0.2, 0) is 0 Å². The van der Waals surface area contributed by atoms with E-state index in [0.717, 1.165) is 50.6 Å². The molecule has 2 N–H and O–H groups in total. The Morgan fingerprint density at radius 1 is 1.26 bits per heavy atom. The van der Waals surface area contributed by atoms with E-state index < -0.39 is 11.6 Å². The summed E-state index contributed by atoms with van der Waals surface area (Å²) in [5.41, 5.74) is 0. The average Bonchev–Trinajstić information content (AvgIpc) is 2.61. The van der Waals surface area contributed by atoms with Crippen LogP contribution in [0.4, 0.5) is 8.78 Å². The number of halogens is 3. The summed E-state index contributed by atoms with van der Waals surface area (Å²) in [4.78, 5) is 6.74. The van der Waals surface area contributed by atoms with Crippen molar-refractivity contribution in [2.45, 2.75) is 32.7 Å². The fraction of sp³-hybridized carbons (Fsp3) is 0.632. The number of piperidine rings is 1. The lowest BCUT2D eigenvalue weighted by Gasteiger charge is -2.33. The number of rotatable bonds is 7. The summed E-state index contributed by atoms with van der Waals surface area (Å²) in [5.74, 6) is -0.0350. The zero-order valence-electron chi connectivity index (χ0n) is 16.3. The predicted octanol–water partition coefficient (Wildman–Crippen LogP) is 3.25. The molecule has 0 radical (unpaired) electrons. The molecule has 0 aromatic heterocycles. The minimum Gasteiger partial charge on any atom is -0.492 e. The van der Waals surface area contributed by atoms with Crippen LogP contribution in [0.2, 0.25) is 0 Å². The van der Waals surface area contributed by atoms with Crippen molar-refractivity contribution in [3.05, 3.63) is 29.8 Å². The van der Waals surface area contributed by atoms with E-state index in [9.17, 15) is 8.78 Å². The topological polar surface area (TPSA) is 48.9 Å². The summed E-state index contributed by atoms with van der Waals surface area (Å²) in [7, 11) is 1.74. The van der Waals surface area contributed by atoms with Crippen molar-refractivity contribution in [2.24, 2.45) is 10.9 Å². The highest BCUT2D eigenvalue weighted by Gasteiger charge is 2.20. The Labute approximate surface area is 178 Å². The largest absolute Gasteiger partial charge is 0.492 e. The third-order valence-corrected chi connectivity index (χ3v) is 4.33. The number of benzene rings is 1. The molecule has 0 atom stereocenters. The van der Waals surface area contributed by atoms with E-state index in [4.69, 9.17) is 4.74 Å². The molecule has 0 spiro atoms. The second kappa shape index (κ2) is 12.3. The fourth-order valence-corrected chi connectivity index (χ4v) is 3.07. The molecule has 1 heterocycles. The summed E-state index contributed by atoms with van der Waals surface area (Å²) < 4.78 is 31.4. The third-order valence-electron chi connectivity index (χ3n) is 4.33. The van der Waals surface area contributed by atoms with Gasteiger partial charge < -0.3 is 20.3 Å². The standard InChI is InChI=1S/C19H30F2N4O.HI/c1-14(2)13-25-9-6-15(7-10-25)24-19(22-3)23-8-11-26-16-4-5-17(20)18(21)12-16;/h4-5,12,14-15H,6-11,13H2,1-3H3,(H2,22,23,24);1H. The van der Waals surface area contributed by atoms with Gasteiger partial charge in [0.1, 0.15) is 12.4 Å². The number of ether oxygens (including phenoxy) is 1. The van der Waals surface area contributed by atoms with Gasteiger partial charge in [0.2, 0.25) is 0 Å². The molecule has 0 unspecified atom stereocenters. The number of nitrogens with zero attached hydrogens (tertiary/aromatic N) is 2. The molecule has 1 fully saturated rings. The molecule has 1 aromatic carbocycles. The molecular formula is C19H31F2IN4O. The number of hydrogen-bond acceptors (Lipinski definition) is 3. The SMILES string of the molecule is CN=C(NCCOc1ccc(F)c(F)c1)NC1CCN(CC(C)C)CC1.I. The second-order valence-corrected chi connectivity index (χ2v) is 7.04. The number of guanidine groups is 1. The normalized spacial score (nSPS) is 16.1. The summed E-state index contributed by atoms with van der Waals surface area (Å²) in [6, 6.07) is 3.94. The molecule has 0 saturated carbocycles. The molecule has 0 aliphatic carbocycles. The quantitative estimate of drug-likeness (QED) is 0.264. The average molecular weight is 496 g/mol. The Morgan fingerprint density at radius 3 is 2.56 bits per heavy atom. The molecule has 1 aliphatic rings. The molecule has 5 nitrogen and oxygen atoms in total.